The van der Waals surface area contributed by atoms with Gasteiger partial charge in [-0.1, -0.05) is 27.7 Å². The molecule has 1 aliphatic carbocycles. The fourth-order valence-electron chi connectivity index (χ4n) is 3.09. The summed E-state index contributed by atoms with van der Waals surface area (Å²) in [5, 5.41) is 4.91. The van der Waals surface area contributed by atoms with Crippen LogP contribution in [0.15, 0.2) is 0 Å². The highest BCUT2D eigenvalue weighted by atomic mass is 32.1. The topological polar surface area (TPSA) is 28.2 Å². The molecule has 1 saturated carbocycles. The summed E-state index contributed by atoms with van der Waals surface area (Å²) in [6, 6.07) is 0.771. The molecule has 4 heteroatoms. The van der Waals surface area contributed by atoms with Crippen molar-refractivity contribution in [2.24, 2.45) is 11.8 Å². The molecule has 1 atom stereocenters. The van der Waals surface area contributed by atoms with Gasteiger partial charge in [0.1, 0.15) is 0 Å². The molecule has 0 radical (unpaired) electrons. The molecule has 0 bridgehead atoms. The van der Waals surface area contributed by atoms with Crippen LogP contribution in [-0.4, -0.2) is 24.1 Å². The van der Waals surface area contributed by atoms with Crippen LogP contribution in [0.4, 0.5) is 5.13 Å². The van der Waals surface area contributed by atoms with E-state index in [4.69, 9.17) is 4.98 Å². The second-order valence-corrected chi connectivity index (χ2v) is 8.42. The highest BCUT2D eigenvalue weighted by Crippen LogP contribution is 2.35. The fourth-order valence-corrected chi connectivity index (χ4v) is 4.29. The second kappa shape index (κ2) is 6.25. The van der Waals surface area contributed by atoms with Gasteiger partial charge in [0, 0.05) is 30.6 Å². The minimum absolute atomic E-state index is 0.523. The molecule has 3 rings (SSSR count). The molecule has 21 heavy (non-hydrogen) atoms. The predicted molar refractivity (Wildman–Crippen MR) is 91.2 cm³/mol. The number of nitrogens with one attached hydrogen (secondary N) is 1. The zero-order valence-electron chi connectivity index (χ0n) is 13.9. The van der Waals surface area contributed by atoms with Crippen LogP contribution in [0.2, 0.25) is 0 Å². The van der Waals surface area contributed by atoms with Gasteiger partial charge in [-0.05, 0) is 37.0 Å². The third kappa shape index (κ3) is 3.59. The normalized spacial score (nSPS) is 22.8. The first-order valence-electron chi connectivity index (χ1n) is 8.52. The van der Waals surface area contributed by atoms with Crippen LogP contribution in [0.1, 0.15) is 63.4 Å². The maximum Gasteiger partial charge on any atom is 0.185 e. The third-order valence-corrected chi connectivity index (χ3v) is 5.96. The molecule has 1 aliphatic heterocycles. The number of nitrogens with zero attached hydrogens (tertiary/aromatic N) is 2. The Kier molecular flexibility index (Phi) is 4.55. The Hall–Kier alpha value is -0.610. The lowest BCUT2D eigenvalue weighted by Gasteiger charge is -2.16. The van der Waals surface area contributed by atoms with E-state index in [1.165, 1.54) is 48.1 Å². The van der Waals surface area contributed by atoms with E-state index in [-0.39, 0.29) is 0 Å². The van der Waals surface area contributed by atoms with Crippen LogP contribution in [-0.2, 0) is 6.54 Å². The van der Waals surface area contributed by atoms with Crippen molar-refractivity contribution in [3.63, 3.8) is 0 Å². The van der Waals surface area contributed by atoms with E-state index in [1.807, 2.05) is 11.3 Å². The van der Waals surface area contributed by atoms with Crippen molar-refractivity contribution in [3.8, 4) is 0 Å². The fraction of sp³-hybridized carbons (Fsp3) is 0.824. The standard InChI is InChI=1S/C17H29N3S/c1-11(2)13-7-8-20(10-13)17-19-16(12(3)4)15(21-17)9-18-14-5-6-14/h11-14,18H,5-10H2,1-4H3. The molecule has 118 valence electrons. The number of hydrogen-bond donors (Lipinski definition) is 1. The van der Waals surface area contributed by atoms with Crippen molar-refractivity contribution in [2.45, 2.75) is 65.5 Å². The minimum Gasteiger partial charge on any atom is -0.348 e. The molecule has 1 saturated heterocycles. The van der Waals surface area contributed by atoms with Gasteiger partial charge in [-0.25, -0.2) is 4.98 Å². The quantitative estimate of drug-likeness (QED) is 0.861. The van der Waals surface area contributed by atoms with E-state index in [2.05, 4.69) is 37.9 Å². The van der Waals surface area contributed by atoms with Gasteiger partial charge >= 0.3 is 0 Å². The molecule has 0 spiro atoms. The van der Waals surface area contributed by atoms with Crippen molar-refractivity contribution in [1.82, 2.24) is 10.3 Å². The summed E-state index contributed by atoms with van der Waals surface area (Å²) >= 11 is 1.92. The van der Waals surface area contributed by atoms with Crippen molar-refractivity contribution >= 4 is 16.5 Å². The number of thiazole rings is 1. The smallest absolute Gasteiger partial charge is 0.185 e. The molecule has 1 aromatic heterocycles. The Morgan fingerprint density at radius 3 is 2.57 bits per heavy atom. The van der Waals surface area contributed by atoms with Crippen molar-refractivity contribution in [3.05, 3.63) is 10.6 Å². The summed E-state index contributed by atoms with van der Waals surface area (Å²) in [4.78, 5) is 8.96. The second-order valence-electron chi connectivity index (χ2n) is 7.35. The summed E-state index contributed by atoms with van der Waals surface area (Å²) < 4.78 is 0. The van der Waals surface area contributed by atoms with E-state index >= 15 is 0 Å². The number of hydrogen-bond acceptors (Lipinski definition) is 4. The van der Waals surface area contributed by atoms with Crippen LogP contribution >= 0.6 is 11.3 Å². The Balaban J connectivity index is 1.71. The molecule has 2 heterocycles. The molecule has 0 aromatic carbocycles. The van der Waals surface area contributed by atoms with Crippen molar-refractivity contribution in [1.29, 1.82) is 0 Å². The zero-order valence-corrected chi connectivity index (χ0v) is 14.7. The van der Waals surface area contributed by atoms with E-state index in [0.717, 1.165) is 24.4 Å². The van der Waals surface area contributed by atoms with Crippen LogP contribution in [0.5, 0.6) is 0 Å². The summed E-state index contributed by atoms with van der Waals surface area (Å²) in [5.74, 6) is 2.15. The highest BCUT2D eigenvalue weighted by molar-refractivity contribution is 7.15. The monoisotopic (exact) mass is 307 g/mol. The molecule has 1 aromatic rings. The average Bonchev–Trinajstić information content (AvgIpc) is 2.97. The predicted octanol–water partition coefficient (Wildman–Crippen LogP) is 4.00. The minimum atomic E-state index is 0.523. The molecule has 3 nitrogen and oxygen atoms in total. The van der Waals surface area contributed by atoms with Crippen LogP contribution < -0.4 is 10.2 Å². The van der Waals surface area contributed by atoms with Crippen LogP contribution in [0.3, 0.4) is 0 Å². The first kappa shape index (κ1) is 15.3. The Morgan fingerprint density at radius 2 is 2.00 bits per heavy atom. The Morgan fingerprint density at radius 1 is 1.24 bits per heavy atom. The first-order chi connectivity index (χ1) is 10.0. The highest BCUT2D eigenvalue weighted by Gasteiger charge is 2.28. The largest absolute Gasteiger partial charge is 0.348 e. The molecular formula is C17H29N3S. The van der Waals surface area contributed by atoms with Gasteiger partial charge in [-0.2, -0.15) is 0 Å². The average molecular weight is 308 g/mol. The summed E-state index contributed by atoms with van der Waals surface area (Å²) in [6.07, 6.45) is 4.03. The maximum absolute atomic E-state index is 4.99. The molecule has 1 unspecified atom stereocenters. The van der Waals surface area contributed by atoms with Gasteiger partial charge in [-0.3, -0.25) is 0 Å². The van der Waals surface area contributed by atoms with Crippen LogP contribution in [0, 0.1) is 11.8 Å². The van der Waals surface area contributed by atoms with E-state index in [9.17, 15) is 0 Å². The lowest BCUT2D eigenvalue weighted by molar-refractivity contribution is 0.422. The van der Waals surface area contributed by atoms with Gasteiger partial charge in [0.25, 0.3) is 0 Å². The summed E-state index contributed by atoms with van der Waals surface area (Å²) in [6.45, 7) is 12.6. The SMILES string of the molecule is CC(C)c1nc(N2CCC(C(C)C)C2)sc1CNC1CC1. The molecule has 1 N–H and O–H groups in total. The number of anilines is 1. The summed E-state index contributed by atoms with van der Waals surface area (Å²) in [7, 11) is 0. The lowest BCUT2D eigenvalue weighted by atomic mass is 9.95. The van der Waals surface area contributed by atoms with E-state index in [0.29, 0.717) is 5.92 Å². The molecule has 2 aliphatic rings. The Bertz CT molecular complexity index is 476. The molecular weight excluding hydrogens is 278 g/mol. The van der Waals surface area contributed by atoms with Gasteiger partial charge in [-0.15, -0.1) is 11.3 Å². The number of rotatable bonds is 6. The van der Waals surface area contributed by atoms with Crippen LogP contribution in [0.25, 0.3) is 0 Å². The van der Waals surface area contributed by atoms with Crippen molar-refractivity contribution in [2.75, 3.05) is 18.0 Å². The number of aromatic nitrogens is 1. The third-order valence-electron chi connectivity index (χ3n) is 4.83. The molecule has 2 fully saturated rings. The van der Waals surface area contributed by atoms with Crippen molar-refractivity contribution < 1.29 is 0 Å². The zero-order chi connectivity index (χ0) is 15.0. The van der Waals surface area contributed by atoms with E-state index < -0.39 is 0 Å². The first-order valence-corrected chi connectivity index (χ1v) is 9.34. The molecule has 0 amide bonds. The van der Waals surface area contributed by atoms with Gasteiger partial charge in [0.15, 0.2) is 5.13 Å². The van der Waals surface area contributed by atoms with Gasteiger partial charge in [0.2, 0.25) is 0 Å². The van der Waals surface area contributed by atoms with Gasteiger partial charge < -0.3 is 10.2 Å². The maximum atomic E-state index is 4.99. The lowest BCUT2D eigenvalue weighted by Crippen LogP contribution is -2.21. The Labute approximate surface area is 133 Å². The van der Waals surface area contributed by atoms with E-state index in [1.54, 1.807) is 0 Å². The van der Waals surface area contributed by atoms with Gasteiger partial charge in [0.05, 0.1) is 5.69 Å². The summed E-state index contributed by atoms with van der Waals surface area (Å²) in [5.41, 5.74) is 1.32.